The monoisotopic (exact) mass is 531 g/mol. The first-order valence-corrected chi connectivity index (χ1v) is 11.1. The zero-order chi connectivity index (χ0) is 20.0. The maximum absolute atomic E-state index is 11.6. The van der Waals surface area contributed by atoms with Gasteiger partial charge in [-0.1, -0.05) is 12.1 Å². The smallest absolute Gasteiger partial charge is 0.196 e. The molecule has 7 nitrogen and oxygen atoms in total. The highest BCUT2D eigenvalue weighted by molar-refractivity contribution is 14.0. The van der Waals surface area contributed by atoms with E-state index in [2.05, 4.69) is 15.6 Å². The third kappa shape index (κ3) is 6.77. The summed E-state index contributed by atoms with van der Waals surface area (Å²) in [6, 6.07) is 12.5. The number of sulfone groups is 1. The van der Waals surface area contributed by atoms with Gasteiger partial charge in [0.1, 0.15) is 0 Å². The van der Waals surface area contributed by atoms with Crippen molar-refractivity contribution in [2.75, 3.05) is 31.3 Å². The summed E-state index contributed by atoms with van der Waals surface area (Å²) in [4.78, 5) is 4.88. The van der Waals surface area contributed by atoms with Gasteiger partial charge in [0.15, 0.2) is 27.3 Å². The first-order chi connectivity index (χ1) is 13.5. The Bertz CT molecular complexity index is 947. The molecule has 0 atom stereocenters. The van der Waals surface area contributed by atoms with Gasteiger partial charge in [-0.15, -0.1) is 24.0 Å². The first kappa shape index (κ1) is 23.3. The van der Waals surface area contributed by atoms with Crippen LogP contribution in [0.1, 0.15) is 18.9 Å². The summed E-state index contributed by atoms with van der Waals surface area (Å²) in [5, 5.41) is 6.46. The number of ether oxygens (including phenoxy) is 2. The molecule has 0 spiro atoms. The van der Waals surface area contributed by atoms with Gasteiger partial charge in [0, 0.05) is 31.0 Å². The fourth-order valence-corrected chi connectivity index (χ4v) is 3.33. The van der Waals surface area contributed by atoms with Crippen molar-refractivity contribution < 1.29 is 17.9 Å². The minimum Gasteiger partial charge on any atom is -0.490 e. The molecule has 0 saturated carbocycles. The third-order valence-electron chi connectivity index (χ3n) is 4.13. The van der Waals surface area contributed by atoms with Crippen LogP contribution in [-0.2, 0) is 16.4 Å². The third-order valence-corrected chi connectivity index (χ3v) is 5.25. The van der Waals surface area contributed by atoms with Gasteiger partial charge >= 0.3 is 0 Å². The summed E-state index contributed by atoms with van der Waals surface area (Å²) in [7, 11) is -3.19. The highest BCUT2D eigenvalue weighted by Crippen LogP contribution is 2.32. The molecule has 9 heteroatoms. The van der Waals surface area contributed by atoms with Crippen LogP contribution in [0.2, 0.25) is 0 Å². The molecule has 0 unspecified atom stereocenters. The molecule has 0 aromatic heterocycles. The van der Waals surface area contributed by atoms with Crippen molar-refractivity contribution >= 4 is 45.5 Å². The van der Waals surface area contributed by atoms with Gasteiger partial charge in [0.2, 0.25) is 0 Å². The Kier molecular flexibility index (Phi) is 8.57. The van der Waals surface area contributed by atoms with E-state index < -0.39 is 9.84 Å². The number of nitrogens with zero attached hydrogens (tertiary/aromatic N) is 1. The van der Waals surface area contributed by atoms with Gasteiger partial charge in [-0.2, -0.15) is 0 Å². The van der Waals surface area contributed by atoms with Crippen molar-refractivity contribution in [3.8, 4) is 11.5 Å². The quantitative estimate of drug-likeness (QED) is 0.349. The Labute approximate surface area is 188 Å². The number of aliphatic imine (C=N–C) groups is 1. The molecule has 29 heavy (non-hydrogen) atoms. The summed E-state index contributed by atoms with van der Waals surface area (Å²) >= 11 is 0. The van der Waals surface area contributed by atoms with Gasteiger partial charge in [-0.3, -0.25) is 0 Å². The molecule has 158 valence electrons. The molecule has 3 rings (SSSR count). The molecule has 0 fully saturated rings. The van der Waals surface area contributed by atoms with Crippen LogP contribution >= 0.6 is 24.0 Å². The molecular formula is C20H26IN3O4S. The van der Waals surface area contributed by atoms with Crippen molar-refractivity contribution in [3.63, 3.8) is 0 Å². The Hall–Kier alpha value is -2.01. The second-order valence-corrected chi connectivity index (χ2v) is 8.46. The van der Waals surface area contributed by atoms with E-state index in [1.165, 1.54) is 6.26 Å². The molecule has 0 radical (unpaired) electrons. The molecule has 0 aliphatic carbocycles. The van der Waals surface area contributed by atoms with E-state index in [1.54, 1.807) is 24.3 Å². The second kappa shape index (κ2) is 10.7. The van der Waals surface area contributed by atoms with Gasteiger partial charge in [-0.05, 0) is 36.8 Å². The number of rotatable bonds is 5. The van der Waals surface area contributed by atoms with Gasteiger partial charge in [0.05, 0.1) is 24.7 Å². The van der Waals surface area contributed by atoms with Crippen molar-refractivity contribution in [1.82, 2.24) is 5.32 Å². The van der Waals surface area contributed by atoms with Crippen LogP contribution in [0, 0.1) is 0 Å². The van der Waals surface area contributed by atoms with Crippen molar-refractivity contribution in [2.45, 2.75) is 24.8 Å². The summed E-state index contributed by atoms with van der Waals surface area (Å²) in [6.45, 7) is 4.41. The average Bonchev–Trinajstić information content (AvgIpc) is 2.91. The van der Waals surface area contributed by atoms with E-state index >= 15 is 0 Å². The molecule has 0 amide bonds. The normalized spacial score (nSPS) is 13.8. The Balaban J connectivity index is 0.00000300. The number of guanidine groups is 1. The summed E-state index contributed by atoms with van der Waals surface area (Å²) in [5.74, 6) is 2.09. The van der Waals surface area contributed by atoms with Crippen LogP contribution in [0.15, 0.2) is 52.4 Å². The number of hydrogen-bond donors (Lipinski definition) is 2. The number of nitrogens with one attached hydrogen (secondary N) is 2. The number of anilines is 1. The van der Waals surface area contributed by atoms with E-state index in [0.717, 1.165) is 29.2 Å². The van der Waals surface area contributed by atoms with E-state index in [-0.39, 0.29) is 24.0 Å². The van der Waals surface area contributed by atoms with Crippen LogP contribution in [0.5, 0.6) is 11.5 Å². The lowest BCUT2D eigenvalue weighted by molar-refractivity contribution is 0.297. The molecule has 0 saturated heterocycles. The highest BCUT2D eigenvalue weighted by Gasteiger charge is 2.11. The van der Waals surface area contributed by atoms with Crippen molar-refractivity contribution in [3.05, 3.63) is 48.0 Å². The van der Waals surface area contributed by atoms with Gasteiger partial charge in [-0.25, -0.2) is 13.4 Å². The van der Waals surface area contributed by atoms with Crippen LogP contribution in [0.4, 0.5) is 5.69 Å². The highest BCUT2D eigenvalue weighted by atomic mass is 127. The summed E-state index contributed by atoms with van der Waals surface area (Å²) < 4.78 is 34.5. The van der Waals surface area contributed by atoms with Crippen LogP contribution in [0.25, 0.3) is 0 Å². The molecule has 1 aliphatic heterocycles. The van der Waals surface area contributed by atoms with Crippen LogP contribution in [-0.4, -0.2) is 40.4 Å². The van der Waals surface area contributed by atoms with Gasteiger partial charge < -0.3 is 20.1 Å². The minimum absolute atomic E-state index is 0. The topological polar surface area (TPSA) is 89.0 Å². The number of halogens is 1. The molecule has 2 aromatic rings. The predicted octanol–water partition coefficient (Wildman–Crippen LogP) is 3.45. The maximum Gasteiger partial charge on any atom is 0.196 e. The Morgan fingerprint density at radius 2 is 1.76 bits per heavy atom. The lowest BCUT2D eigenvalue weighted by Gasteiger charge is -2.14. The van der Waals surface area contributed by atoms with E-state index in [9.17, 15) is 8.42 Å². The standard InChI is InChI=1S/C20H25N3O4S.HI/c1-3-21-20(22-14-15-5-8-17(9-6-15)28(2,24)25)23-16-7-10-18-19(13-16)27-12-4-11-26-18;/h5-10,13H,3-4,11-12,14H2,1-2H3,(H2,21,22,23);1H. The molecule has 1 heterocycles. The first-order valence-electron chi connectivity index (χ1n) is 9.19. The molecular weight excluding hydrogens is 505 g/mol. The summed E-state index contributed by atoms with van der Waals surface area (Å²) in [6.07, 6.45) is 2.06. The predicted molar refractivity (Wildman–Crippen MR) is 125 cm³/mol. The number of benzene rings is 2. The molecule has 1 aliphatic rings. The average molecular weight is 531 g/mol. The molecule has 0 bridgehead atoms. The van der Waals surface area contributed by atoms with E-state index in [1.807, 2.05) is 25.1 Å². The summed E-state index contributed by atoms with van der Waals surface area (Å²) in [5.41, 5.74) is 1.76. The second-order valence-electron chi connectivity index (χ2n) is 6.45. The van der Waals surface area contributed by atoms with E-state index in [0.29, 0.717) is 37.2 Å². The van der Waals surface area contributed by atoms with Crippen molar-refractivity contribution in [2.24, 2.45) is 4.99 Å². The lowest BCUT2D eigenvalue weighted by atomic mass is 10.2. The minimum atomic E-state index is -3.19. The Morgan fingerprint density at radius 1 is 1.07 bits per heavy atom. The van der Waals surface area contributed by atoms with Gasteiger partial charge in [0.25, 0.3) is 0 Å². The fraction of sp³-hybridized carbons (Fsp3) is 0.350. The zero-order valence-electron chi connectivity index (χ0n) is 16.5. The number of fused-ring (bicyclic) bond motifs is 1. The Morgan fingerprint density at radius 3 is 2.41 bits per heavy atom. The van der Waals surface area contributed by atoms with E-state index in [4.69, 9.17) is 9.47 Å². The lowest BCUT2D eigenvalue weighted by Crippen LogP contribution is -2.30. The largest absolute Gasteiger partial charge is 0.490 e. The van der Waals surface area contributed by atoms with Crippen molar-refractivity contribution in [1.29, 1.82) is 0 Å². The molecule has 2 N–H and O–H groups in total. The SMILES string of the molecule is CCNC(=NCc1ccc(S(C)(=O)=O)cc1)Nc1ccc2c(c1)OCCCO2.I. The van der Waals surface area contributed by atoms with Crippen LogP contribution in [0.3, 0.4) is 0 Å². The fourth-order valence-electron chi connectivity index (χ4n) is 2.70. The molecule has 2 aromatic carbocycles. The maximum atomic E-state index is 11.6. The number of hydrogen-bond acceptors (Lipinski definition) is 5. The zero-order valence-corrected chi connectivity index (χ0v) is 19.6. The van der Waals surface area contributed by atoms with Crippen LogP contribution < -0.4 is 20.1 Å².